The van der Waals surface area contributed by atoms with Crippen LogP contribution in [0.15, 0.2) is 91.0 Å². The summed E-state index contributed by atoms with van der Waals surface area (Å²) in [5, 5.41) is 2.23. The van der Waals surface area contributed by atoms with E-state index < -0.39 is 5.79 Å². The Morgan fingerprint density at radius 2 is 1.07 bits per heavy atom. The van der Waals surface area contributed by atoms with Crippen LogP contribution in [0.2, 0.25) is 10.6 Å². The Morgan fingerprint density at radius 1 is 0.633 bits per heavy atom. The van der Waals surface area contributed by atoms with E-state index in [1.807, 2.05) is 0 Å². The monoisotopic (exact) mass is 530 g/mol. The van der Waals surface area contributed by atoms with E-state index in [-0.39, 0.29) is 12.2 Å². The van der Waals surface area contributed by atoms with E-state index in [4.69, 9.17) is 9.47 Å². The quantitative estimate of drug-likeness (QED) is 0.433. The molecule has 30 heavy (non-hydrogen) atoms. The van der Waals surface area contributed by atoms with E-state index in [2.05, 4.69) is 91.0 Å². The molecule has 0 saturated carbocycles. The first-order chi connectivity index (χ1) is 14.8. The van der Waals surface area contributed by atoms with Gasteiger partial charge in [-0.15, -0.1) is 0 Å². The molecule has 3 aromatic rings. The van der Waals surface area contributed by atoms with Gasteiger partial charge >= 0.3 is 192 Å². The molecule has 0 spiro atoms. The maximum absolute atomic E-state index is 6.76. The van der Waals surface area contributed by atoms with E-state index in [1.54, 1.807) is 0 Å². The van der Waals surface area contributed by atoms with Crippen molar-refractivity contribution in [1.82, 2.24) is 0 Å². The Hall–Kier alpha value is -1.38. The van der Waals surface area contributed by atoms with Gasteiger partial charge < -0.3 is 0 Å². The van der Waals surface area contributed by atoms with Crippen LogP contribution in [-0.4, -0.2) is 42.1 Å². The molecule has 2 atom stereocenters. The second kappa shape index (κ2) is 9.40. The number of rotatable bonds is 7. The number of ether oxygens (including phenoxy) is 2. The van der Waals surface area contributed by atoms with Crippen molar-refractivity contribution in [2.75, 3.05) is 0 Å². The molecule has 2 aliphatic rings. The van der Waals surface area contributed by atoms with Crippen molar-refractivity contribution >= 4 is 38.8 Å². The topological polar surface area (TPSA) is 18.5 Å². The van der Waals surface area contributed by atoms with E-state index in [1.165, 1.54) is 14.5 Å². The summed E-state index contributed by atoms with van der Waals surface area (Å²) in [7, 11) is 0. The minimum atomic E-state index is -0.546. The molecule has 2 saturated heterocycles. The standard InChI is InChI=1S/C26H26O2Se2/c1-4-10-20(11-5-1)26-21(16-22(27-26)18-29-24-12-6-2-7-13-24)17-23(28-26)19-30-25-14-8-3-9-15-25/h1-15,21-23H,16-19H2/t21?,22-,23-,26?/m0/s1. The first-order valence-electron chi connectivity index (χ1n) is 10.6. The van der Waals surface area contributed by atoms with E-state index in [0.717, 1.165) is 23.5 Å². The van der Waals surface area contributed by atoms with Crippen molar-refractivity contribution in [2.45, 2.75) is 41.5 Å². The van der Waals surface area contributed by atoms with Crippen molar-refractivity contribution in [3.05, 3.63) is 96.6 Å². The second-order valence-electron chi connectivity index (χ2n) is 7.93. The molecule has 5 rings (SSSR count). The third-order valence-corrected chi connectivity index (χ3v) is 10.7. The Labute approximate surface area is 191 Å². The molecular weight excluding hydrogens is 502 g/mol. The summed E-state index contributed by atoms with van der Waals surface area (Å²) in [6.45, 7) is 0. The van der Waals surface area contributed by atoms with Gasteiger partial charge in [0, 0.05) is 0 Å². The van der Waals surface area contributed by atoms with Gasteiger partial charge in [0.15, 0.2) is 0 Å². The third kappa shape index (κ3) is 4.46. The van der Waals surface area contributed by atoms with Crippen LogP contribution in [0, 0.1) is 5.92 Å². The first-order valence-corrected chi connectivity index (χ1v) is 14.7. The molecule has 0 bridgehead atoms. The number of hydrogen-bond acceptors (Lipinski definition) is 2. The Morgan fingerprint density at radius 3 is 1.53 bits per heavy atom. The van der Waals surface area contributed by atoms with Crippen molar-refractivity contribution in [2.24, 2.45) is 5.92 Å². The molecule has 0 N–H and O–H groups in total. The molecule has 0 aromatic heterocycles. The summed E-state index contributed by atoms with van der Waals surface area (Å²) in [4.78, 5) is 0. The second-order valence-corrected chi connectivity index (χ2v) is 12.5. The summed E-state index contributed by atoms with van der Waals surface area (Å²) in [5.74, 6) is -0.0936. The number of fused-ring (bicyclic) bond motifs is 1. The van der Waals surface area contributed by atoms with Crippen LogP contribution in [-0.2, 0) is 15.3 Å². The average Bonchev–Trinajstić information content (AvgIpc) is 3.33. The summed E-state index contributed by atoms with van der Waals surface area (Å²) < 4.78 is 16.4. The van der Waals surface area contributed by atoms with Crippen LogP contribution in [0.3, 0.4) is 0 Å². The zero-order valence-corrected chi connectivity index (χ0v) is 20.3. The predicted molar refractivity (Wildman–Crippen MR) is 124 cm³/mol. The van der Waals surface area contributed by atoms with Gasteiger partial charge in [0.1, 0.15) is 0 Å². The fourth-order valence-electron chi connectivity index (χ4n) is 4.51. The third-order valence-electron chi connectivity index (χ3n) is 5.85. The van der Waals surface area contributed by atoms with Gasteiger partial charge in [-0.2, -0.15) is 0 Å². The van der Waals surface area contributed by atoms with Crippen LogP contribution in [0.4, 0.5) is 0 Å². The molecule has 2 aliphatic heterocycles. The van der Waals surface area contributed by atoms with Crippen LogP contribution >= 0.6 is 0 Å². The molecule has 0 aliphatic carbocycles. The summed E-state index contributed by atoms with van der Waals surface area (Å²) in [6, 6.07) is 32.3. The summed E-state index contributed by atoms with van der Waals surface area (Å²) >= 11 is 0.885. The Balaban J connectivity index is 1.28. The van der Waals surface area contributed by atoms with Gasteiger partial charge in [-0.3, -0.25) is 0 Å². The fourth-order valence-corrected chi connectivity index (χ4v) is 8.42. The molecule has 4 heteroatoms. The van der Waals surface area contributed by atoms with Gasteiger partial charge in [0.25, 0.3) is 0 Å². The molecule has 2 nitrogen and oxygen atoms in total. The van der Waals surface area contributed by atoms with Gasteiger partial charge in [-0.1, -0.05) is 0 Å². The molecule has 2 heterocycles. The number of benzene rings is 3. The average molecular weight is 528 g/mol. The van der Waals surface area contributed by atoms with Crippen molar-refractivity contribution < 1.29 is 9.47 Å². The molecule has 0 amide bonds. The van der Waals surface area contributed by atoms with Crippen molar-refractivity contribution in [3.63, 3.8) is 0 Å². The van der Waals surface area contributed by atoms with E-state index >= 15 is 0 Å². The SMILES string of the molecule is c1ccc([Se]C[C@@H]2CC3C[C@@H](C[Se]c4ccccc4)OC3(c3ccccc3)O2)cc1. The molecule has 2 fully saturated rings. The summed E-state index contributed by atoms with van der Waals surface area (Å²) in [6.07, 6.45) is 2.79. The molecule has 0 unspecified atom stereocenters. The van der Waals surface area contributed by atoms with Crippen LogP contribution in [0.25, 0.3) is 0 Å². The molecular formula is C26H26O2Se2. The first kappa shape index (κ1) is 20.5. The van der Waals surface area contributed by atoms with Gasteiger partial charge in [-0.25, -0.2) is 0 Å². The van der Waals surface area contributed by atoms with Gasteiger partial charge in [0.05, 0.1) is 0 Å². The van der Waals surface area contributed by atoms with Crippen LogP contribution in [0.5, 0.6) is 0 Å². The minimum absolute atomic E-state index is 0.288. The van der Waals surface area contributed by atoms with E-state index in [9.17, 15) is 0 Å². The Bertz CT molecular complexity index is 878. The van der Waals surface area contributed by atoms with Gasteiger partial charge in [0.2, 0.25) is 0 Å². The molecule has 154 valence electrons. The van der Waals surface area contributed by atoms with E-state index in [0.29, 0.717) is 35.8 Å². The molecule has 0 radical (unpaired) electrons. The van der Waals surface area contributed by atoms with Gasteiger partial charge in [-0.05, 0) is 0 Å². The zero-order chi connectivity index (χ0) is 20.2. The normalized spacial score (nSPS) is 27.8. The Kier molecular flexibility index (Phi) is 6.43. The van der Waals surface area contributed by atoms with Crippen LogP contribution in [0.1, 0.15) is 18.4 Å². The molecule has 3 aromatic carbocycles. The maximum atomic E-state index is 6.76. The zero-order valence-electron chi connectivity index (χ0n) is 16.9. The predicted octanol–water partition coefficient (Wildman–Crippen LogP) is 3.93. The number of hydrogen-bond donors (Lipinski definition) is 0. The fraction of sp³-hybridized carbons (Fsp3) is 0.308. The van der Waals surface area contributed by atoms with Crippen molar-refractivity contribution in [3.8, 4) is 0 Å². The summed E-state index contributed by atoms with van der Waals surface area (Å²) in [5.41, 5.74) is 1.19. The van der Waals surface area contributed by atoms with Crippen molar-refractivity contribution in [1.29, 1.82) is 0 Å². The van der Waals surface area contributed by atoms with Crippen LogP contribution < -0.4 is 8.92 Å².